The molecule has 0 heterocycles. The van der Waals surface area contributed by atoms with E-state index in [1.54, 1.807) is 84.9 Å². The summed E-state index contributed by atoms with van der Waals surface area (Å²) in [4.78, 5) is 40.0. The van der Waals surface area contributed by atoms with Crippen molar-refractivity contribution in [3.8, 4) is 5.75 Å². The second-order valence-electron chi connectivity index (χ2n) is 9.09. The average Bonchev–Trinajstić information content (AvgIpc) is 3.01. The van der Waals surface area contributed by atoms with Gasteiger partial charge in [0.1, 0.15) is 17.3 Å². The summed E-state index contributed by atoms with van der Waals surface area (Å²) in [5, 5.41) is 7.70. The van der Waals surface area contributed by atoms with Crippen LogP contribution >= 0.6 is 11.8 Å². The van der Waals surface area contributed by atoms with E-state index in [1.807, 2.05) is 19.1 Å². The quantitative estimate of drug-likeness (QED) is 0.134. The zero-order chi connectivity index (χ0) is 29.9. The molecule has 0 saturated heterocycles. The maximum atomic E-state index is 14.0. The van der Waals surface area contributed by atoms with Crippen LogP contribution in [-0.2, 0) is 9.59 Å². The van der Waals surface area contributed by atoms with Crippen LogP contribution in [0.15, 0.2) is 114 Å². The predicted molar refractivity (Wildman–Crippen MR) is 165 cm³/mol. The fourth-order valence-corrected chi connectivity index (χ4v) is 5.00. The van der Waals surface area contributed by atoms with Gasteiger partial charge in [-0.3, -0.25) is 14.4 Å². The number of hydrogen-bond acceptors (Lipinski definition) is 5. The number of nitrogens with one attached hydrogen (secondary N) is 3. The second kappa shape index (κ2) is 14.7. The molecule has 0 aliphatic carbocycles. The fourth-order valence-electron chi connectivity index (χ4n) is 3.99. The number of methoxy groups -OCH3 is 1. The summed E-state index contributed by atoms with van der Waals surface area (Å²) in [6, 6.07) is 28.7. The van der Waals surface area contributed by atoms with Gasteiger partial charge < -0.3 is 20.7 Å². The number of thioether (sulfide) groups is 1. The van der Waals surface area contributed by atoms with Crippen LogP contribution < -0.4 is 20.7 Å². The SMILES string of the molecule is CCC(Sc1cccc(NC(=O)/C(=C\c2ccccc2OC)NC(=O)c2ccccc2)c1)C(=O)Nc1ccccc1F. The van der Waals surface area contributed by atoms with E-state index in [0.29, 0.717) is 29.0 Å². The lowest BCUT2D eigenvalue weighted by Crippen LogP contribution is -2.30. The van der Waals surface area contributed by atoms with Gasteiger partial charge in [0.25, 0.3) is 11.8 Å². The number of carbonyl (C=O) groups is 3. The molecule has 3 amide bonds. The third-order valence-electron chi connectivity index (χ3n) is 6.13. The van der Waals surface area contributed by atoms with Crippen molar-refractivity contribution in [3.05, 3.63) is 126 Å². The van der Waals surface area contributed by atoms with Gasteiger partial charge in [-0.2, -0.15) is 0 Å². The monoisotopic (exact) mass is 583 g/mol. The molecule has 3 N–H and O–H groups in total. The summed E-state index contributed by atoms with van der Waals surface area (Å²) in [6.07, 6.45) is 2.05. The van der Waals surface area contributed by atoms with Crippen molar-refractivity contribution in [2.45, 2.75) is 23.5 Å². The summed E-state index contributed by atoms with van der Waals surface area (Å²) < 4.78 is 19.5. The highest BCUT2D eigenvalue weighted by Crippen LogP contribution is 2.29. The van der Waals surface area contributed by atoms with Crippen LogP contribution in [0.5, 0.6) is 5.75 Å². The first kappa shape index (κ1) is 30.1. The van der Waals surface area contributed by atoms with Gasteiger partial charge in [0.05, 0.1) is 18.0 Å². The number of carbonyl (C=O) groups excluding carboxylic acids is 3. The third kappa shape index (κ3) is 8.08. The number of para-hydroxylation sites is 2. The van der Waals surface area contributed by atoms with Gasteiger partial charge in [-0.05, 0) is 61.0 Å². The molecule has 1 unspecified atom stereocenters. The van der Waals surface area contributed by atoms with Gasteiger partial charge in [-0.15, -0.1) is 11.8 Å². The highest BCUT2D eigenvalue weighted by atomic mass is 32.2. The largest absolute Gasteiger partial charge is 0.496 e. The normalized spacial score (nSPS) is 11.7. The zero-order valence-corrected chi connectivity index (χ0v) is 23.9. The van der Waals surface area contributed by atoms with E-state index >= 15 is 0 Å². The van der Waals surface area contributed by atoms with Crippen molar-refractivity contribution in [3.63, 3.8) is 0 Å². The molecule has 0 saturated carbocycles. The Morgan fingerprint density at radius 1 is 0.881 bits per heavy atom. The Labute approximate surface area is 248 Å². The minimum atomic E-state index is -0.545. The number of halogens is 1. The lowest BCUT2D eigenvalue weighted by molar-refractivity contribution is -0.116. The molecule has 9 heteroatoms. The summed E-state index contributed by atoms with van der Waals surface area (Å²) in [5.74, 6) is -1.28. The minimum absolute atomic E-state index is 0.0158. The molecule has 214 valence electrons. The number of hydrogen-bond donors (Lipinski definition) is 3. The molecule has 4 aromatic rings. The zero-order valence-electron chi connectivity index (χ0n) is 23.1. The van der Waals surface area contributed by atoms with Crippen LogP contribution in [0.3, 0.4) is 0 Å². The van der Waals surface area contributed by atoms with E-state index in [9.17, 15) is 18.8 Å². The van der Waals surface area contributed by atoms with Gasteiger partial charge in [0, 0.05) is 21.7 Å². The van der Waals surface area contributed by atoms with Crippen molar-refractivity contribution >= 4 is 46.9 Å². The molecular formula is C33H30FN3O4S. The maximum absolute atomic E-state index is 14.0. The molecule has 4 aromatic carbocycles. The molecule has 0 aromatic heterocycles. The van der Waals surface area contributed by atoms with E-state index in [2.05, 4.69) is 16.0 Å². The summed E-state index contributed by atoms with van der Waals surface area (Å²) >= 11 is 1.30. The molecule has 4 rings (SSSR count). The van der Waals surface area contributed by atoms with E-state index in [-0.39, 0.29) is 17.3 Å². The van der Waals surface area contributed by atoms with Crippen molar-refractivity contribution in [2.24, 2.45) is 0 Å². The molecule has 1 atom stereocenters. The van der Waals surface area contributed by atoms with Gasteiger partial charge in [0.15, 0.2) is 0 Å². The van der Waals surface area contributed by atoms with Crippen LogP contribution in [0.2, 0.25) is 0 Å². The van der Waals surface area contributed by atoms with E-state index in [4.69, 9.17) is 4.74 Å². The Bertz CT molecular complexity index is 1590. The predicted octanol–water partition coefficient (Wildman–Crippen LogP) is 6.75. The van der Waals surface area contributed by atoms with Crippen LogP contribution in [0.4, 0.5) is 15.8 Å². The highest BCUT2D eigenvalue weighted by Gasteiger charge is 2.20. The average molecular weight is 584 g/mol. The molecule has 0 spiro atoms. The molecule has 0 fully saturated rings. The number of ether oxygens (including phenoxy) is 1. The van der Waals surface area contributed by atoms with E-state index in [1.165, 1.54) is 31.0 Å². The van der Waals surface area contributed by atoms with Crippen molar-refractivity contribution in [1.29, 1.82) is 0 Å². The summed E-state index contributed by atoms with van der Waals surface area (Å²) in [7, 11) is 1.53. The van der Waals surface area contributed by atoms with Crippen molar-refractivity contribution < 1.29 is 23.5 Å². The molecule has 7 nitrogen and oxygen atoms in total. The lowest BCUT2D eigenvalue weighted by atomic mass is 10.1. The van der Waals surface area contributed by atoms with Crippen LogP contribution in [0, 0.1) is 5.82 Å². The Kier molecular flexibility index (Phi) is 10.5. The van der Waals surface area contributed by atoms with E-state index < -0.39 is 22.9 Å². The van der Waals surface area contributed by atoms with Gasteiger partial charge in [-0.25, -0.2) is 4.39 Å². The first-order valence-electron chi connectivity index (χ1n) is 13.2. The minimum Gasteiger partial charge on any atom is -0.496 e. The Balaban J connectivity index is 1.53. The number of amides is 3. The standard InChI is InChI=1S/C33H30FN3O4S/c1-3-30(33(40)36-27-18-9-8-17-26(27)34)42-25-16-11-15-24(21-25)35-32(39)28(20-23-14-7-10-19-29(23)41-2)37-31(38)22-12-5-4-6-13-22/h4-21,30H,3H2,1-2H3,(H,35,39)(H,36,40)(H,37,38)/b28-20+. The van der Waals surface area contributed by atoms with Crippen molar-refractivity contribution in [1.82, 2.24) is 5.32 Å². The first-order chi connectivity index (χ1) is 20.4. The number of anilines is 2. The van der Waals surface area contributed by atoms with Crippen molar-refractivity contribution in [2.75, 3.05) is 17.7 Å². The molecule has 0 radical (unpaired) electrons. The number of rotatable bonds is 11. The Morgan fingerprint density at radius 2 is 1.60 bits per heavy atom. The van der Waals surface area contributed by atoms with E-state index in [0.717, 1.165) is 4.90 Å². The van der Waals surface area contributed by atoms with Crippen LogP contribution in [0.1, 0.15) is 29.3 Å². The van der Waals surface area contributed by atoms with Gasteiger partial charge in [0.2, 0.25) is 5.91 Å². The molecule has 0 aliphatic heterocycles. The molecule has 0 bridgehead atoms. The maximum Gasteiger partial charge on any atom is 0.272 e. The third-order valence-corrected chi connectivity index (χ3v) is 7.49. The molecule has 0 aliphatic rings. The fraction of sp³-hybridized carbons (Fsp3) is 0.121. The Hall–Kier alpha value is -4.89. The van der Waals surface area contributed by atoms with Crippen LogP contribution in [-0.4, -0.2) is 30.1 Å². The summed E-state index contributed by atoms with van der Waals surface area (Å²) in [5.41, 5.74) is 1.61. The molecule has 42 heavy (non-hydrogen) atoms. The number of benzene rings is 4. The lowest BCUT2D eigenvalue weighted by Gasteiger charge is -2.16. The summed E-state index contributed by atoms with van der Waals surface area (Å²) in [6.45, 7) is 1.87. The second-order valence-corrected chi connectivity index (χ2v) is 10.4. The highest BCUT2D eigenvalue weighted by molar-refractivity contribution is 8.00. The molecular weight excluding hydrogens is 553 g/mol. The smallest absolute Gasteiger partial charge is 0.272 e. The topological polar surface area (TPSA) is 96.5 Å². The first-order valence-corrected chi connectivity index (χ1v) is 14.1. The van der Waals surface area contributed by atoms with Gasteiger partial charge in [-0.1, -0.05) is 61.5 Å². The van der Waals surface area contributed by atoms with Gasteiger partial charge >= 0.3 is 0 Å². The van der Waals surface area contributed by atoms with Crippen LogP contribution in [0.25, 0.3) is 6.08 Å². The Morgan fingerprint density at radius 3 is 2.33 bits per heavy atom.